The van der Waals surface area contributed by atoms with Crippen molar-refractivity contribution in [1.82, 2.24) is 0 Å². The van der Waals surface area contributed by atoms with Crippen molar-refractivity contribution in [3.8, 4) is 0 Å². The fraction of sp³-hybridized carbons (Fsp3) is 0.600. The van der Waals surface area contributed by atoms with Gasteiger partial charge in [-0.15, -0.1) is 0 Å². The molecule has 1 aromatic carbocycles. The lowest BCUT2D eigenvalue weighted by Gasteiger charge is -2.32. The van der Waals surface area contributed by atoms with Crippen LogP contribution in [0.25, 0.3) is 0 Å². The molecular weight excluding hydrogens is 196 g/mol. The molecule has 2 rings (SSSR count). The van der Waals surface area contributed by atoms with Crippen LogP contribution < -0.4 is 0 Å². The van der Waals surface area contributed by atoms with Gasteiger partial charge in [-0.2, -0.15) is 0 Å². The van der Waals surface area contributed by atoms with Crippen LogP contribution in [0.1, 0.15) is 56.6 Å². The van der Waals surface area contributed by atoms with Gasteiger partial charge in [0.05, 0.1) is 5.60 Å². The molecule has 1 aliphatic carbocycles. The lowest BCUT2D eigenvalue weighted by Crippen LogP contribution is -2.28. The van der Waals surface area contributed by atoms with Crippen LogP contribution in [0, 0.1) is 0 Å². The number of aryl methyl sites for hydroxylation is 1. The van der Waals surface area contributed by atoms with Gasteiger partial charge in [-0.3, -0.25) is 0 Å². The minimum Gasteiger partial charge on any atom is -0.385 e. The lowest BCUT2D eigenvalue weighted by atomic mass is 9.79. The second kappa shape index (κ2) is 5.01. The van der Waals surface area contributed by atoms with Crippen LogP contribution in [0.15, 0.2) is 24.3 Å². The average Bonchev–Trinajstić information content (AvgIpc) is 2.31. The molecule has 1 aliphatic rings. The number of hydrogen-bond donors (Lipinski definition) is 1. The van der Waals surface area contributed by atoms with E-state index in [9.17, 15) is 5.11 Å². The van der Waals surface area contributed by atoms with E-state index < -0.39 is 5.60 Å². The van der Waals surface area contributed by atoms with Gasteiger partial charge in [0.15, 0.2) is 0 Å². The Bertz CT molecular complexity index is 337. The van der Waals surface area contributed by atoms with Gasteiger partial charge in [-0.1, -0.05) is 56.9 Å². The van der Waals surface area contributed by atoms with Gasteiger partial charge in [0, 0.05) is 0 Å². The van der Waals surface area contributed by atoms with Crippen LogP contribution in [0.2, 0.25) is 0 Å². The molecule has 0 atom stereocenters. The maximum Gasteiger partial charge on any atom is 0.0896 e. The Hall–Kier alpha value is -0.820. The summed E-state index contributed by atoms with van der Waals surface area (Å²) in [6.07, 6.45) is 7.75. The Morgan fingerprint density at radius 1 is 1.19 bits per heavy atom. The standard InChI is InChI=1S/C15H22O/c1-2-7-13-8-6-9-14(12-13)15(16)10-4-3-5-11-15/h6,8-9,12,16H,2-5,7,10-11H2,1H3. The first-order valence-corrected chi connectivity index (χ1v) is 6.56. The Kier molecular flexibility index (Phi) is 3.65. The summed E-state index contributed by atoms with van der Waals surface area (Å²) in [6, 6.07) is 8.55. The van der Waals surface area contributed by atoms with E-state index in [1.165, 1.54) is 18.4 Å². The minimum atomic E-state index is -0.540. The van der Waals surface area contributed by atoms with E-state index in [1.54, 1.807) is 0 Å². The molecule has 0 spiro atoms. The van der Waals surface area contributed by atoms with Crippen molar-refractivity contribution in [2.75, 3.05) is 0 Å². The first kappa shape index (κ1) is 11.7. The van der Waals surface area contributed by atoms with E-state index in [1.807, 2.05) is 0 Å². The smallest absolute Gasteiger partial charge is 0.0896 e. The van der Waals surface area contributed by atoms with Crippen LogP contribution >= 0.6 is 0 Å². The molecule has 1 nitrogen and oxygen atoms in total. The molecule has 0 aromatic heterocycles. The molecule has 1 aromatic rings. The normalized spacial score (nSPS) is 19.6. The van der Waals surface area contributed by atoms with Crippen molar-refractivity contribution in [2.45, 2.75) is 57.5 Å². The van der Waals surface area contributed by atoms with Crippen molar-refractivity contribution in [2.24, 2.45) is 0 Å². The third kappa shape index (κ3) is 2.46. The van der Waals surface area contributed by atoms with Gasteiger partial charge in [0.25, 0.3) is 0 Å². The molecule has 1 N–H and O–H groups in total. The summed E-state index contributed by atoms with van der Waals surface area (Å²) in [5.74, 6) is 0. The zero-order valence-corrected chi connectivity index (χ0v) is 10.2. The highest BCUT2D eigenvalue weighted by atomic mass is 16.3. The molecule has 0 saturated heterocycles. The van der Waals surface area contributed by atoms with Gasteiger partial charge < -0.3 is 5.11 Å². The summed E-state index contributed by atoms with van der Waals surface area (Å²) in [5, 5.41) is 10.6. The highest BCUT2D eigenvalue weighted by Gasteiger charge is 2.30. The molecular formula is C15H22O. The van der Waals surface area contributed by atoms with E-state index in [0.29, 0.717) is 0 Å². The second-order valence-corrected chi connectivity index (χ2v) is 5.04. The largest absolute Gasteiger partial charge is 0.385 e. The van der Waals surface area contributed by atoms with Gasteiger partial charge in [-0.05, 0) is 30.4 Å². The topological polar surface area (TPSA) is 20.2 Å². The first-order valence-electron chi connectivity index (χ1n) is 6.56. The van der Waals surface area contributed by atoms with Crippen molar-refractivity contribution < 1.29 is 5.11 Å². The fourth-order valence-corrected chi connectivity index (χ4v) is 2.73. The van der Waals surface area contributed by atoms with E-state index >= 15 is 0 Å². The van der Waals surface area contributed by atoms with Crippen LogP contribution in [-0.4, -0.2) is 5.11 Å². The predicted octanol–water partition coefficient (Wildman–Crippen LogP) is 3.79. The third-order valence-electron chi connectivity index (χ3n) is 3.68. The lowest BCUT2D eigenvalue weighted by molar-refractivity contribution is -0.000689. The predicted molar refractivity (Wildman–Crippen MR) is 67.4 cm³/mol. The number of benzene rings is 1. The summed E-state index contributed by atoms with van der Waals surface area (Å²) in [7, 11) is 0. The molecule has 1 saturated carbocycles. The van der Waals surface area contributed by atoms with Crippen molar-refractivity contribution >= 4 is 0 Å². The molecule has 0 unspecified atom stereocenters. The molecule has 0 radical (unpaired) electrons. The molecule has 1 heteroatoms. The maximum absolute atomic E-state index is 10.6. The Balaban J connectivity index is 2.21. The molecule has 0 aliphatic heterocycles. The summed E-state index contributed by atoms with van der Waals surface area (Å²) < 4.78 is 0. The SMILES string of the molecule is CCCc1cccc(C2(O)CCCCC2)c1. The van der Waals surface area contributed by atoms with Crippen molar-refractivity contribution in [3.05, 3.63) is 35.4 Å². The third-order valence-corrected chi connectivity index (χ3v) is 3.68. The first-order chi connectivity index (χ1) is 7.74. The van der Waals surface area contributed by atoms with E-state index in [4.69, 9.17) is 0 Å². The number of hydrogen-bond acceptors (Lipinski definition) is 1. The Morgan fingerprint density at radius 3 is 2.62 bits per heavy atom. The van der Waals surface area contributed by atoms with Crippen molar-refractivity contribution in [1.29, 1.82) is 0 Å². The molecule has 16 heavy (non-hydrogen) atoms. The van der Waals surface area contributed by atoms with E-state index in [-0.39, 0.29) is 0 Å². The number of rotatable bonds is 3. The average molecular weight is 218 g/mol. The molecule has 1 fully saturated rings. The summed E-state index contributed by atoms with van der Waals surface area (Å²) in [4.78, 5) is 0. The second-order valence-electron chi connectivity index (χ2n) is 5.04. The summed E-state index contributed by atoms with van der Waals surface area (Å²) in [6.45, 7) is 2.20. The van der Waals surface area contributed by atoms with Crippen molar-refractivity contribution in [3.63, 3.8) is 0 Å². The van der Waals surface area contributed by atoms with Crippen LogP contribution in [-0.2, 0) is 12.0 Å². The molecule has 88 valence electrons. The Morgan fingerprint density at radius 2 is 1.94 bits per heavy atom. The fourth-order valence-electron chi connectivity index (χ4n) is 2.73. The highest BCUT2D eigenvalue weighted by Crippen LogP contribution is 2.37. The summed E-state index contributed by atoms with van der Waals surface area (Å²) in [5.41, 5.74) is 1.96. The minimum absolute atomic E-state index is 0.540. The molecule has 0 amide bonds. The molecule has 0 bridgehead atoms. The van der Waals surface area contributed by atoms with Crippen LogP contribution in [0.4, 0.5) is 0 Å². The van der Waals surface area contributed by atoms with Gasteiger partial charge in [0.1, 0.15) is 0 Å². The van der Waals surface area contributed by atoms with E-state index in [0.717, 1.165) is 37.7 Å². The highest BCUT2D eigenvalue weighted by molar-refractivity contribution is 5.28. The van der Waals surface area contributed by atoms with Gasteiger partial charge in [0.2, 0.25) is 0 Å². The van der Waals surface area contributed by atoms with Crippen LogP contribution in [0.3, 0.4) is 0 Å². The molecule has 0 heterocycles. The summed E-state index contributed by atoms with van der Waals surface area (Å²) >= 11 is 0. The zero-order chi connectivity index (χ0) is 11.4. The number of aliphatic hydroxyl groups is 1. The monoisotopic (exact) mass is 218 g/mol. The van der Waals surface area contributed by atoms with Gasteiger partial charge >= 0.3 is 0 Å². The maximum atomic E-state index is 10.6. The van der Waals surface area contributed by atoms with E-state index in [2.05, 4.69) is 31.2 Å². The zero-order valence-electron chi connectivity index (χ0n) is 10.2. The van der Waals surface area contributed by atoms with Gasteiger partial charge in [-0.25, -0.2) is 0 Å². The Labute approximate surface area is 98.5 Å². The van der Waals surface area contributed by atoms with Crippen LogP contribution in [0.5, 0.6) is 0 Å². The quantitative estimate of drug-likeness (QED) is 0.818.